The van der Waals surface area contributed by atoms with Crippen LogP contribution in [0.5, 0.6) is 0 Å². The van der Waals surface area contributed by atoms with E-state index in [1.807, 2.05) is 0 Å². The minimum Gasteiger partial charge on any atom is -0.330 e. The van der Waals surface area contributed by atoms with Gasteiger partial charge in [-0.2, -0.15) is 0 Å². The molecule has 1 aliphatic heterocycles. The van der Waals surface area contributed by atoms with E-state index >= 15 is 0 Å². The summed E-state index contributed by atoms with van der Waals surface area (Å²) in [6.07, 6.45) is 3.64. The molecule has 2 atom stereocenters. The normalized spacial score (nSPS) is 23.6. The van der Waals surface area contributed by atoms with Gasteiger partial charge in [-0.25, -0.2) is 0 Å². The molecule has 1 aromatic rings. The number of likely N-dealkylation sites (tertiary alicyclic amines) is 1. The predicted molar refractivity (Wildman–Crippen MR) is 86.8 cm³/mol. The Morgan fingerprint density at radius 1 is 1.25 bits per heavy atom. The quantitative estimate of drug-likeness (QED) is 0.858. The third kappa shape index (κ3) is 3.62. The van der Waals surface area contributed by atoms with Gasteiger partial charge in [0.2, 0.25) is 0 Å². The Balaban J connectivity index is 2.14. The first-order chi connectivity index (χ1) is 9.65. The predicted octanol–water partition coefficient (Wildman–Crippen LogP) is 3.62. The lowest BCUT2D eigenvalue weighted by Crippen LogP contribution is -2.28. The Bertz CT molecular complexity index is 396. The molecule has 0 bridgehead atoms. The molecule has 2 heteroatoms. The Labute approximate surface area is 124 Å². The van der Waals surface area contributed by atoms with E-state index in [2.05, 4.69) is 49.9 Å². The van der Waals surface area contributed by atoms with Crippen LogP contribution < -0.4 is 5.73 Å². The van der Waals surface area contributed by atoms with Gasteiger partial charge in [0.1, 0.15) is 0 Å². The summed E-state index contributed by atoms with van der Waals surface area (Å²) in [5, 5.41) is 0. The van der Waals surface area contributed by atoms with Crippen molar-refractivity contribution < 1.29 is 0 Å². The second-order valence-corrected chi connectivity index (χ2v) is 6.60. The fourth-order valence-corrected chi connectivity index (χ4v) is 3.52. The molecule has 112 valence electrons. The van der Waals surface area contributed by atoms with Crippen molar-refractivity contribution in [3.63, 3.8) is 0 Å². The van der Waals surface area contributed by atoms with Crippen molar-refractivity contribution in [1.82, 2.24) is 4.90 Å². The maximum atomic E-state index is 5.99. The van der Waals surface area contributed by atoms with Gasteiger partial charge >= 0.3 is 0 Å². The molecule has 1 saturated heterocycles. The zero-order chi connectivity index (χ0) is 14.5. The van der Waals surface area contributed by atoms with Crippen LogP contribution in [0.2, 0.25) is 0 Å². The first kappa shape index (κ1) is 15.5. The number of rotatable bonds is 6. The molecule has 0 radical (unpaired) electrons. The topological polar surface area (TPSA) is 29.3 Å². The summed E-state index contributed by atoms with van der Waals surface area (Å²) in [6, 6.07) is 9.82. The van der Waals surface area contributed by atoms with E-state index in [4.69, 9.17) is 5.73 Å². The average Bonchev–Trinajstić information content (AvgIpc) is 2.82. The molecule has 1 aliphatic rings. The molecule has 20 heavy (non-hydrogen) atoms. The van der Waals surface area contributed by atoms with Crippen molar-refractivity contribution in [2.75, 3.05) is 19.6 Å². The van der Waals surface area contributed by atoms with Crippen LogP contribution in [0.3, 0.4) is 0 Å². The highest BCUT2D eigenvalue weighted by Gasteiger charge is 2.33. The van der Waals surface area contributed by atoms with Gasteiger partial charge in [0.25, 0.3) is 0 Å². The van der Waals surface area contributed by atoms with Gasteiger partial charge in [-0.3, -0.25) is 4.90 Å². The van der Waals surface area contributed by atoms with Gasteiger partial charge in [0, 0.05) is 6.04 Å². The second kappa shape index (κ2) is 7.24. The molecule has 0 aromatic heterocycles. The molecular formula is C18H30N2. The van der Waals surface area contributed by atoms with Crippen LogP contribution in [0.4, 0.5) is 0 Å². The molecule has 0 saturated carbocycles. The molecule has 2 unspecified atom stereocenters. The summed E-state index contributed by atoms with van der Waals surface area (Å²) >= 11 is 0. The molecule has 2 rings (SSSR count). The van der Waals surface area contributed by atoms with Gasteiger partial charge < -0.3 is 5.73 Å². The molecule has 1 fully saturated rings. The zero-order valence-corrected chi connectivity index (χ0v) is 13.3. The third-order valence-electron chi connectivity index (χ3n) is 4.41. The van der Waals surface area contributed by atoms with Crippen LogP contribution in [0.1, 0.15) is 50.8 Å². The lowest BCUT2D eigenvalue weighted by atomic mass is 9.92. The molecule has 1 aromatic carbocycles. The van der Waals surface area contributed by atoms with Crippen LogP contribution in [-0.2, 0) is 6.42 Å². The molecular weight excluding hydrogens is 244 g/mol. The molecule has 0 amide bonds. The zero-order valence-electron chi connectivity index (χ0n) is 13.3. The van der Waals surface area contributed by atoms with Crippen molar-refractivity contribution in [3.05, 3.63) is 35.4 Å². The van der Waals surface area contributed by atoms with E-state index in [1.54, 1.807) is 0 Å². The fourth-order valence-electron chi connectivity index (χ4n) is 3.52. The van der Waals surface area contributed by atoms with Crippen LogP contribution in [-0.4, -0.2) is 24.5 Å². The van der Waals surface area contributed by atoms with Crippen molar-refractivity contribution in [3.8, 4) is 0 Å². The summed E-state index contributed by atoms with van der Waals surface area (Å²) in [7, 11) is 0. The highest BCUT2D eigenvalue weighted by Crippen LogP contribution is 2.36. The number of nitrogens with zero attached hydrogens (tertiary/aromatic N) is 1. The molecule has 0 aliphatic carbocycles. The molecule has 0 spiro atoms. The maximum absolute atomic E-state index is 5.99. The molecule has 2 N–H and O–H groups in total. The smallest absolute Gasteiger partial charge is 0.0388 e. The first-order valence-electron chi connectivity index (χ1n) is 8.18. The number of hydrogen-bond acceptors (Lipinski definition) is 2. The second-order valence-electron chi connectivity index (χ2n) is 6.60. The SMILES string of the molecule is CCCN1CCC(CN)C1c1ccc(CC(C)C)cc1. The maximum Gasteiger partial charge on any atom is 0.0388 e. The van der Waals surface area contributed by atoms with Gasteiger partial charge in [-0.1, -0.05) is 45.0 Å². The van der Waals surface area contributed by atoms with Gasteiger partial charge in [0.15, 0.2) is 0 Å². The minimum absolute atomic E-state index is 0.535. The molecule has 2 nitrogen and oxygen atoms in total. The Hall–Kier alpha value is -0.860. The highest BCUT2D eigenvalue weighted by molar-refractivity contribution is 5.27. The number of benzene rings is 1. The fraction of sp³-hybridized carbons (Fsp3) is 0.667. The lowest BCUT2D eigenvalue weighted by Gasteiger charge is -2.28. The Morgan fingerprint density at radius 3 is 2.50 bits per heavy atom. The van der Waals surface area contributed by atoms with Crippen molar-refractivity contribution in [1.29, 1.82) is 0 Å². The summed E-state index contributed by atoms with van der Waals surface area (Å²) in [6.45, 7) is 10.0. The average molecular weight is 274 g/mol. The van der Waals surface area contributed by atoms with Crippen LogP contribution in [0.15, 0.2) is 24.3 Å². The Morgan fingerprint density at radius 2 is 1.95 bits per heavy atom. The van der Waals surface area contributed by atoms with E-state index in [-0.39, 0.29) is 0 Å². The standard InChI is InChI=1S/C18H30N2/c1-4-10-20-11-9-17(13-19)18(20)16-7-5-15(6-8-16)12-14(2)3/h5-8,14,17-18H,4,9-13,19H2,1-3H3. The van der Waals surface area contributed by atoms with E-state index in [9.17, 15) is 0 Å². The van der Waals surface area contributed by atoms with Crippen molar-refractivity contribution in [2.45, 2.75) is 46.1 Å². The van der Waals surface area contributed by atoms with E-state index < -0.39 is 0 Å². The van der Waals surface area contributed by atoms with E-state index in [0.717, 1.165) is 12.5 Å². The van der Waals surface area contributed by atoms with Crippen molar-refractivity contribution in [2.24, 2.45) is 17.6 Å². The van der Waals surface area contributed by atoms with Crippen LogP contribution >= 0.6 is 0 Å². The summed E-state index contributed by atoms with van der Waals surface area (Å²) < 4.78 is 0. The monoisotopic (exact) mass is 274 g/mol. The number of hydrogen-bond donors (Lipinski definition) is 1. The minimum atomic E-state index is 0.535. The van der Waals surface area contributed by atoms with Gasteiger partial charge in [-0.05, 0) is 61.9 Å². The Kier molecular flexibility index (Phi) is 5.62. The summed E-state index contributed by atoms with van der Waals surface area (Å²) in [5.41, 5.74) is 8.90. The summed E-state index contributed by atoms with van der Waals surface area (Å²) in [5.74, 6) is 1.35. The van der Waals surface area contributed by atoms with E-state index in [0.29, 0.717) is 12.0 Å². The van der Waals surface area contributed by atoms with Crippen molar-refractivity contribution >= 4 is 0 Å². The first-order valence-corrected chi connectivity index (χ1v) is 8.18. The third-order valence-corrected chi connectivity index (χ3v) is 4.41. The summed E-state index contributed by atoms with van der Waals surface area (Å²) in [4.78, 5) is 2.62. The van der Waals surface area contributed by atoms with Crippen LogP contribution in [0, 0.1) is 11.8 Å². The van der Waals surface area contributed by atoms with E-state index in [1.165, 1.54) is 43.5 Å². The molecule has 1 heterocycles. The number of nitrogens with two attached hydrogens (primary N) is 1. The largest absolute Gasteiger partial charge is 0.330 e. The lowest BCUT2D eigenvalue weighted by molar-refractivity contribution is 0.230. The van der Waals surface area contributed by atoms with Crippen LogP contribution in [0.25, 0.3) is 0 Å². The van der Waals surface area contributed by atoms with Gasteiger partial charge in [-0.15, -0.1) is 0 Å². The highest BCUT2D eigenvalue weighted by atomic mass is 15.2. The van der Waals surface area contributed by atoms with Gasteiger partial charge in [0.05, 0.1) is 0 Å².